The first-order valence-electron chi connectivity index (χ1n) is 5.77. The fourth-order valence-corrected chi connectivity index (χ4v) is 2.07. The van der Waals surface area contributed by atoms with E-state index < -0.39 is 0 Å². The molecule has 0 aromatic carbocycles. The van der Waals surface area contributed by atoms with Crippen molar-refractivity contribution < 1.29 is 0 Å². The van der Waals surface area contributed by atoms with Gasteiger partial charge in [-0.15, -0.1) is 0 Å². The lowest BCUT2D eigenvalue weighted by Gasteiger charge is -2.28. The van der Waals surface area contributed by atoms with E-state index in [2.05, 4.69) is 24.6 Å². The van der Waals surface area contributed by atoms with E-state index in [9.17, 15) is 0 Å². The zero-order valence-electron chi connectivity index (χ0n) is 9.10. The molecule has 0 saturated heterocycles. The third kappa shape index (κ3) is 4.10. The fraction of sp³-hybridized carbons (Fsp3) is 1.00. The summed E-state index contributed by atoms with van der Waals surface area (Å²) >= 11 is 0. The van der Waals surface area contributed by atoms with Gasteiger partial charge in [0.05, 0.1) is 0 Å². The van der Waals surface area contributed by atoms with E-state index in [0.717, 1.165) is 12.1 Å². The first kappa shape index (κ1) is 11.0. The van der Waals surface area contributed by atoms with Crippen LogP contribution in [-0.4, -0.2) is 25.7 Å². The number of unbranched alkanes of at least 4 members (excludes halogenated alkanes) is 1. The monoisotopic (exact) mass is 184 g/mol. The predicted octanol–water partition coefficient (Wildman–Crippen LogP) is 1.91. The maximum absolute atomic E-state index is 3.64. The molecule has 2 heteroatoms. The Hall–Kier alpha value is -0.0800. The first-order valence-corrected chi connectivity index (χ1v) is 5.77. The van der Waals surface area contributed by atoms with Crippen LogP contribution in [0.2, 0.25) is 0 Å². The highest BCUT2D eigenvalue weighted by molar-refractivity contribution is 4.79. The molecular weight excluding hydrogens is 160 g/mol. The molecule has 1 rings (SSSR count). The lowest BCUT2D eigenvalue weighted by molar-refractivity contribution is 0.317. The van der Waals surface area contributed by atoms with Crippen LogP contribution in [0.4, 0.5) is 0 Å². The largest absolute Gasteiger partial charge is 0.317 e. The van der Waals surface area contributed by atoms with E-state index in [-0.39, 0.29) is 0 Å². The van der Waals surface area contributed by atoms with Gasteiger partial charge in [0.1, 0.15) is 0 Å². The van der Waals surface area contributed by atoms with Gasteiger partial charge in [-0.3, -0.25) is 0 Å². The molecule has 1 fully saturated rings. The van der Waals surface area contributed by atoms with Crippen molar-refractivity contribution in [3.63, 3.8) is 0 Å². The van der Waals surface area contributed by atoms with Crippen molar-refractivity contribution in [2.24, 2.45) is 0 Å². The van der Waals surface area contributed by atoms with Gasteiger partial charge in [-0.05, 0) is 45.7 Å². The second-order valence-corrected chi connectivity index (χ2v) is 4.14. The molecule has 0 bridgehead atoms. The molecule has 2 nitrogen and oxygen atoms in total. The van der Waals surface area contributed by atoms with Gasteiger partial charge in [0.2, 0.25) is 0 Å². The van der Waals surface area contributed by atoms with Gasteiger partial charge < -0.3 is 10.6 Å². The summed E-state index contributed by atoms with van der Waals surface area (Å²) in [5.74, 6) is 0. The molecule has 2 N–H and O–H groups in total. The summed E-state index contributed by atoms with van der Waals surface area (Å²) in [6, 6.07) is 1.58. The molecule has 0 aliphatic heterocycles. The Morgan fingerprint density at radius 3 is 2.23 bits per heavy atom. The van der Waals surface area contributed by atoms with Crippen LogP contribution in [0.15, 0.2) is 0 Å². The van der Waals surface area contributed by atoms with E-state index in [1.165, 1.54) is 45.1 Å². The Morgan fingerprint density at radius 1 is 1.08 bits per heavy atom. The van der Waals surface area contributed by atoms with Crippen LogP contribution in [0.1, 0.15) is 45.4 Å². The number of rotatable bonds is 5. The van der Waals surface area contributed by atoms with Crippen LogP contribution in [0.25, 0.3) is 0 Å². The van der Waals surface area contributed by atoms with Gasteiger partial charge in [0, 0.05) is 12.1 Å². The van der Waals surface area contributed by atoms with Gasteiger partial charge >= 0.3 is 0 Å². The van der Waals surface area contributed by atoms with Crippen LogP contribution in [0.3, 0.4) is 0 Å². The molecular formula is C11H24N2. The van der Waals surface area contributed by atoms with Crippen LogP contribution >= 0.6 is 0 Å². The molecule has 78 valence electrons. The van der Waals surface area contributed by atoms with Crippen LogP contribution < -0.4 is 10.6 Å². The summed E-state index contributed by atoms with van der Waals surface area (Å²) in [6.45, 7) is 3.46. The van der Waals surface area contributed by atoms with Crippen LogP contribution in [0.5, 0.6) is 0 Å². The van der Waals surface area contributed by atoms with Crippen molar-refractivity contribution in [1.82, 2.24) is 10.6 Å². The van der Waals surface area contributed by atoms with Gasteiger partial charge in [-0.2, -0.15) is 0 Å². The summed E-state index contributed by atoms with van der Waals surface area (Å²) in [4.78, 5) is 0. The summed E-state index contributed by atoms with van der Waals surface area (Å²) in [7, 11) is 2.08. The highest BCUT2D eigenvalue weighted by Gasteiger charge is 2.18. The minimum atomic E-state index is 0.782. The maximum atomic E-state index is 3.64. The second kappa shape index (κ2) is 6.39. The van der Waals surface area contributed by atoms with Gasteiger partial charge in [-0.25, -0.2) is 0 Å². The predicted molar refractivity (Wildman–Crippen MR) is 58.0 cm³/mol. The first-order chi connectivity index (χ1) is 6.36. The van der Waals surface area contributed by atoms with Gasteiger partial charge in [0.15, 0.2) is 0 Å². The molecule has 0 aromatic rings. The Kier molecular flexibility index (Phi) is 5.40. The quantitative estimate of drug-likeness (QED) is 0.638. The van der Waals surface area contributed by atoms with Crippen molar-refractivity contribution in [1.29, 1.82) is 0 Å². The van der Waals surface area contributed by atoms with Crippen molar-refractivity contribution >= 4 is 0 Å². The highest BCUT2D eigenvalue weighted by atomic mass is 14.9. The minimum Gasteiger partial charge on any atom is -0.317 e. The van der Waals surface area contributed by atoms with E-state index in [0.29, 0.717) is 0 Å². The van der Waals surface area contributed by atoms with Gasteiger partial charge in [0.25, 0.3) is 0 Å². The molecule has 1 aliphatic carbocycles. The molecule has 13 heavy (non-hydrogen) atoms. The number of hydrogen-bond donors (Lipinski definition) is 2. The molecule has 1 aliphatic rings. The lowest BCUT2D eigenvalue weighted by atomic mass is 9.91. The van der Waals surface area contributed by atoms with Crippen molar-refractivity contribution in [3.05, 3.63) is 0 Å². The average molecular weight is 184 g/mol. The minimum absolute atomic E-state index is 0.782. The molecule has 0 spiro atoms. The van der Waals surface area contributed by atoms with E-state index in [1.54, 1.807) is 0 Å². The topological polar surface area (TPSA) is 24.1 Å². The smallest absolute Gasteiger partial charge is 0.00682 e. The molecule has 0 heterocycles. The van der Waals surface area contributed by atoms with Crippen LogP contribution in [-0.2, 0) is 0 Å². The standard InChI is InChI=1S/C11H24N2/c1-3-4-9-13-11-7-5-10(12-2)6-8-11/h10-13H,3-9H2,1-2H3. The Morgan fingerprint density at radius 2 is 1.69 bits per heavy atom. The van der Waals surface area contributed by atoms with Gasteiger partial charge in [-0.1, -0.05) is 13.3 Å². The van der Waals surface area contributed by atoms with Crippen molar-refractivity contribution in [2.75, 3.05) is 13.6 Å². The summed E-state index contributed by atoms with van der Waals surface area (Å²) in [5, 5.41) is 7.00. The highest BCUT2D eigenvalue weighted by Crippen LogP contribution is 2.18. The number of nitrogens with one attached hydrogen (secondary N) is 2. The van der Waals surface area contributed by atoms with E-state index in [1.807, 2.05) is 0 Å². The zero-order valence-corrected chi connectivity index (χ0v) is 9.10. The number of hydrogen-bond acceptors (Lipinski definition) is 2. The summed E-state index contributed by atoms with van der Waals surface area (Å²) in [5.41, 5.74) is 0. The lowest BCUT2D eigenvalue weighted by Crippen LogP contribution is -2.38. The molecule has 1 saturated carbocycles. The average Bonchev–Trinajstić information content (AvgIpc) is 2.19. The molecule has 0 atom stereocenters. The van der Waals surface area contributed by atoms with Crippen LogP contribution in [0, 0.1) is 0 Å². The molecule has 0 amide bonds. The maximum Gasteiger partial charge on any atom is 0.00682 e. The Bertz CT molecular complexity index is 115. The van der Waals surface area contributed by atoms with Crippen molar-refractivity contribution in [2.45, 2.75) is 57.5 Å². The molecule has 0 unspecified atom stereocenters. The fourth-order valence-electron chi connectivity index (χ4n) is 2.07. The van der Waals surface area contributed by atoms with Crippen molar-refractivity contribution in [3.8, 4) is 0 Å². The van der Waals surface area contributed by atoms with E-state index in [4.69, 9.17) is 0 Å². The summed E-state index contributed by atoms with van der Waals surface area (Å²) in [6.07, 6.45) is 8.04. The normalized spacial score (nSPS) is 29.1. The Labute approximate surface area is 82.5 Å². The third-order valence-corrected chi connectivity index (χ3v) is 3.10. The third-order valence-electron chi connectivity index (χ3n) is 3.10. The Balaban J connectivity index is 2.03. The second-order valence-electron chi connectivity index (χ2n) is 4.14. The SMILES string of the molecule is CCCCNC1CCC(NC)CC1. The molecule has 0 radical (unpaired) electrons. The molecule has 0 aromatic heterocycles. The summed E-state index contributed by atoms with van der Waals surface area (Å²) < 4.78 is 0. The van der Waals surface area contributed by atoms with E-state index >= 15 is 0 Å². The zero-order chi connectivity index (χ0) is 9.52.